The van der Waals surface area contributed by atoms with Crippen molar-refractivity contribution in [1.82, 2.24) is 0 Å². The number of hydrogen-bond acceptors (Lipinski definition) is 4. The van der Waals surface area contributed by atoms with Gasteiger partial charge in [0, 0.05) is 10.5 Å². The first-order chi connectivity index (χ1) is 10.8. The summed E-state index contributed by atoms with van der Waals surface area (Å²) in [5, 5.41) is 0. The number of hydrogen-bond donors (Lipinski definition) is 0. The van der Waals surface area contributed by atoms with E-state index in [9.17, 15) is 4.79 Å². The Morgan fingerprint density at radius 1 is 1.09 bits per heavy atom. The fourth-order valence-corrected chi connectivity index (χ4v) is 2.57. The lowest BCUT2D eigenvalue weighted by atomic mass is 10.2. The molecule has 0 radical (unpaired) electrons. The Balaban J connectivity index is 2.24. The van der Waals surface area contributed by atoms with Crippen LogP contribution in [-0.4, -0.2) is 19.1 Å². The minimum atomic E-state index is 0.445. The Bertz CT molecular complexity index is 611. The van der Waals surface area contributed by atoms with E-state index in [1.165, 1.54) is 11.8 Å². The van der Waals surface area contributed by atoms with Crippen molar-refractivity contribution in [3.05, 3.63) is 53.6 Å². The van der Waals surface area contributed by atoms with E-state index in [4.69, 9.17) is 9.47 Å². The Morgan fingerprint density at radius 2 is 1.82 bits per heavy atom. The molecule has 0 N–H and O–H groups in total. The summed E-state index contributed by atoms with van der Waals surface area (Å²) in [5.74, 6) is 1.30. The van der Waals surface area contributed by atoms with Crippen molar-refractivity contribution < 1.29 is 14.3 Å². The zero-order valence-corrected chi connectivity index (χ0v) is 13.7. The Morgan fingerprint density at radius 3 is 2.45 bits per heavy atom. The monoisotopic (exact) mass is 316 g/mol. The summed E-state index contributed by atoms with van der Waals surface area (Å²) in [6.07, 6.45) is 3.71. The van der Waals surface area contributed by atoms with Gasteiger partial charge < -0.3 is 9.47 Å². The van der Waals surface area contributed by atoms with Crippen molar-refractivity contribution >= 4 is 18.0 Å². The summed E-state index contributed by atoms with van der Waals surface area (Å²) in [6, 6.07) is 13.6. The Labute approximate surface area is 135 Å². The molecule has 4 heteroatoms. The Hall–Kier alpha value is -1.94. The molecular weight excluding hydrogens is 296 g/mol. The van der Waals surface area contributed by atoms with Crippen molar-refractivity contribution in [3.8, 4) is 11.5 Å². The van der Waals surface area contributed by atoms with E-state index in [0.29, 0.717) is 30.3 Å². The molecule has 2 rings (SSSR count). The highest BCUT2D eigenvalue weighted by molar-refractivity contribution is 7.98. The molecule has 22 heavy (non-hydrogen) atoms. The maximum absolute atomic E-state index is 11.2. The molecule has 0 unspecified atom stereocenters. The molecule has 0 aliphatic heterocycles. The van der Waals surface area contributed by atoms with Crippen LogP contribution in [0.2, 0.25) is 0 Å². The molecule has 0 aliphatic rings. The van der Waals surface area contributed by atoms with Crippen LogP contribution in [0.15, 0.2) is 47.4 Å². The summed E-state index contributed by atoms with van der Waals surface area (Å²) in [5.41, 5.74) is 1.70. The number of rotatable bonds is 8. The third-order valence-electron chi connectivity index (χ3n) is 3.12. The van der Waals surface area contributed by atoms with E-state index < -0.39 is 0 Å². The maximum Gasteiger partial charge on any atom is 0.162 e. The van der Waals surface area contributed by atoms with Crippen LogP contribution in [-0.2, 0) is 6.61 Å². The van der Waals surface area contributed by atoms with Gasteiger partial charge in [0.15, 0.2) is 17.8 Å². The van der Waals surface area contributed by atoms with Crippen LogP contribution in [0, 0.1) is 0 Å². The van der Waals surface area contributed by atoms with E-state index in [0.717, 1.165) is 23.2 Å². The van der Waals surface area contributed by atoms with Crippen molar-refractivity contribution in [3.63, 3.8) is 0 Å². The zero-order chi connectivity index (χ0) is 15.8. The first-order valence-corrected chi connectivity index (χ1v) is 8.47. The molecule has 0 bridgehead atoms. The van der Waals surface area contributed by atoms with Crippen LogP contribution in [0.4, 0.5) is 0 Å². The lowest BCUT2D eigenvalue weighted by molar-refractivity contribution is 0.112. The minimum Gasteiger partial charge on any atom is -0.490 e. The van der Waals surface area contributed by atoms with Crippen molar-refractivity contribution in [2.45, 2.75) is 24.8 Å². The van der Waals surface area contributed by atoms with Crippen LogP contribution in [0.3, 0.4) is 0 Å². The number of thioether (sulfide) groups is 1. The van der Waals surface area contributed by atoms with Gasteiger partial charge in [0.05, 0.1) is 6.61 Å². The fourth-order valence-electron chi connectivity index (χ4n) is 2.00. The standard InChI is InChI=1S/C18H20O3S/c1-3-9-20-17-11-18(22-2)15(12-19)10-16(17)21-13-14-7-5-4-6-8-14/h4-8,10-12H,3,9,13H2,1-2H3. The minimum absolute atomic E-state index is 0.445. The molecule has 3 nitrogen and oxygen atoms in total. The predicted molar refractivity (Wildman–Crippen MR) is 90.2 cm³/mol. The molecule has 0 fully saturated rings. The highest BCUT2D eigenvalue weighted by atomic mass is 32.2. The highest BCUT2D eigenvalue weighted by Crippen LogP contribution is 2.35. The molecule has 0 heterocycles. The third-order valence-corrected chi connectivity index (χ3v) is 3.92. The average Bonchev–Trinajstić information content (AvgIpc) is 2.58. The molecule has 0 saturated heterocycles. The second-order valence-electron chi connectivity index (χ2n) is 4.78. The fraction of sp³-hybridized carbons (Fsp3) is 0.278. The van der Waals surface area contributed by atoms with E-state index in [1.807, 2.05) is 42.7 Å². The van der Waals surface area contributed by atoms with Crippen LogP contribution in [0.5, 0.6) is 11.5 Å². The number of carbonyl (C=O) groups is 1. The van der Waals surface area contributed by atoms with Gasteiger partial charge in [0.1, 0.15) is 6.61 Å². The van der Waals surface area contributed by atoms with Gasteiger partial charge in [-0.1, -0.05) is 37.3 Å². The summed E-state index contributed by atoms with van der Waals surface area (Å²) in [7, 11) is 0. The molecule has 2 aromatic rings. The number of benzene rings is 2. The third kappa shape index (κ3) is 4.28. The van der Waals surface area contributed by atoms with Crippen LogP contribution < -0.4 is 9.47 Å². The average molecular weight is 316 g/mol. The van der Waals surface area contributed by atoms with E-state index >= 15 is 0 Å². The number of ether oxygens (including phenoxy) is 2. The SMILES string of the molecule is CCCOc1cc(SC)c(C=O)cc1OCc1ccccc1. The van der Waals surface area contributed by atoms with Gasteiger partial charge >= 0.3 is 0 Å². The zero-order valence-electron chi connectivity index (χ0n) is 12.9. The summed E-state index contributed by atoms with van der Waals surface area (Å²) >= 11 is 1.52. The van der Waals surface area contributed by atoms with Crippen LogP contribution in [0.25, 0.3) is 0 Å². The normalized spacial score (nSPS) is 10.3. The molecule has 0 spiro atoms. The van der Waals surface area contributed by atoms with E-state index in [1.54, 1.807) is 6.07 Å². The Kier molecular flexibility index (Phi) is 6.34. The number of aldehydes is 1. The molecule has 0 amide bonds. The van der Waals surface area contributed by atoms with Gasteiger partial charge in [-0.05, 0) is 30.4 Å². The molecule has 0 atom stereocenters. The quantitative estimate of drug-likeness (QED) is 0.527. The van der Waals surface area contributed by atoms with Crippen molar-refractivity contribution in [2.24, 2.45) is 0 Å². The van der Waals surface area contributed by atoms with Gasteiger partial charge in [-0.3, -0.25) is 4.79 Å². The second kappa shape index (κ2) is 8.49. The molecule has 0 saturated carbocycles. The van der Waals surface area contributed by atoms with Crippen molar-refractivity contribution in [2.75, 3.05) is 12.9 Å². The van der Waals surface area contributed by atoms with E-state index in [-0.39, 0.29) is 0 Å². The van der Waals surface area contributed by atoms with Gasteiger partial charge in [-0.2, -0.15) is 0 Å². The van der Waals surface area contributed by atoms with Crippen molar-refractivity contribution in [1.29, 1.82) is 0 Å². The maximum atomic E-state index is 11.2. The molecule has 116 valence electrons. The lowest BCUT2D eigenvalue weighted by Crippen LogP contribution is -2.02. The summed E-state index contributed by atoms with van der Waals surface area (Å²) in [4.78, 5) is 12.1. The molecule has 2 aromatic carbocycles. The molecule has 0 aliphatic carbocycles. The van der Waals surface area contributed by atoms with Gasteiger partial charge in [0.2, 0.25) is 0 Å². The first kappa shape index (κ1) is 16.4. The lowest BCUT2D eigenvalue weighted by Gasteiger charge is -2.15. The first-order valence-electron chi connectivity index (χ1n) is 7.25. The second-order valence-corrected chi connectivity index (χ2v) is 5.63. The molecular formula is C18H20O3S. The topological polar surface area (TPSA) is 35.5 Å². The molecule has 0 aromatic heterocycles. The predicted octanol–water partition coefficient (Wildman–Crippen LogP) is 4.59. The summed E-state index contributed by atoms with van der Waals surface area (Å²) in [6.45, 7) is 3.12. The summed E-state index contributed by atoms with van der Waals surface area (Å²) < 4.78 is 11.6. The van der Waals surface area contributed by atoms with E-state index in [2.05, 4.69) is 6.92 Å². The van der Waals surface area contributed by atoms with Crippen LogP contribution >= 0.6 is 11.8 Å². The largest absolute Gasteiger partial charge is 0.490 e. The number of carbonyl (C=O) groups excluding carboxylic acids is 1. The van der Waals surface area contributed by atoms with Gasteiger partial charge in [0.25, 0.3) is 0 Å². The van der Waals surface area contributed by atoms with Gasteiger partial charge in [-0.15, -0.1) is 11.8 Å². The highest BCUT2D eigenvalue weighted by Gasteiger charge is 2.12. The smallest absolute Gasteiger partial charge is 0.162 e. The van der Waals surface area contributed by atoms with Gasteiger partial charge in [-0.25, -0.2) is 0 Å². The van der Waals surface area contributed by atoms with Crippen LogP contribution in [0.1, 0.15) is 29.3 Å².